The first-order valence-corrected chi connectivity index (χ1v) is 18.6. The molecular weight excluding hydrogens is 704 g/mol. The van der Waals surface area contributed by atoms with Crippen LogP contribution in [0, 0.1) is 11.8 Å². The molecule has 52 heavy (non-hydrogen) atoms. The van der Waals surface area contributed by atoms with Crippen LogP contribution in [-0.2, 0) is 47.2 Å². The van der Waals surface area contributed by atoms with E-state index >= 15 is 4.39 Å². The maximum atomic E-state index is 15.7. The summed E-state index contributed by atoms with van der Waals surface area (Å²) in [5, 5.41) is 6.85. The standard InChI is InChI=1S/C34H45FN5O11P/c1-20(2)31(41)48-28-27(25-11-12-26-30(36)37-19-38-40(25)26)50-34(17-35,29(28)49-32(42)21(3)4)18-46-52(44,51-24-9-7-6-8-10-24)39-22(5)33(43)47-23-13-15-45-16-14-23/h6-12,19-23,27-29H,13-18H2,1-5H3,(H,39,44)(H2,36,37,38)/t22-,27-,28-,29-,34+,52-/m0/s1. The normalized spacial score (nSPS) is 24.0. The number of benzene rings is 1. The molecule has 284 valence electrons. The fourth-order valence-corrected chi connectivity index (χ4v) is 7.16. The minimum atomic E-state index is -4.59. The largest absolute Gasteiger partial charge is 0.461 e. The van der Waals surface area contributed by atoms with Gasteiger partial charge >= 0.3 is 25.7 Å². The highest BCUT2D eigenvalue weighted by Crippen LogP contribution is 2.50. The zero-order valence-corrected chi connectivity index (χ0v) is 30.5. The van der Waals surface area contributed by atoms with Crippen molar-refractivity contribution in [1.29, 1.82) is 0 Å². The predicted molar refractivity (Wildman–Crippen MR) is 183 cm³/mol. The van der Waals surface area contributed by atoms with E-state index in [1.807, 2.05) is 0 Å². The highest BCUT2D eigenvalue weighted by Gasteiger charge is 2.62. The van der Waals surface area contributed by atoms with Crippen molar-refractivity contribution >= 4 is 37.0 Å². The number of esters is 3. The maximum Gasteiger partial charge on any atom is 0.459 e. The van der Waals surface area contributed by atoms with Crippen molar-refractivity contribution in [3.05, 3.63) is 54.5 Å². The molecule has 2 saturated heterocycles. The first-order chi connectivity index (χ1) is 24.8. The lowest BCUT2D eigenvalue weighted by Crippen LogP contribution is -2.52. The van der Waals surface area contributed by atoms with Gasteiger partial charge in [-0.25, -0.2) is 18.5 Å². The molecule has 4 heterocycles. The Balaban J connectivity index is 1.51. The number of para-hydroxylation sites is 1. The molecule has 18 heteroatoms. The molecule has 0 saturated carbocycles. The molecule has 0 radical (unpaired) electrons. The van der Waals surface area contributed by atoms with Gasteiger partial charge in [0.25, 0.3) is 0 Å². The number of alkyl halides is 1. The van der Waals surface area contributed by atoms with Crippen molar-refractivity contribution in [2.24, 2.45) is 11.8 Å². The highest BCUT2D eigenvalue weighted by atomic mass is 31.2. The predicted octanol–water partition coefficient (Wildman–Crippen LogP) is 4.13. The number of hydrogen-bond donors (Lipinski definition) is 2. The van der Waals surface area contributed by atoms with E-state index in [1.54, 1.807) is 58.0 Å². The molecule has 2 aromatic heterocycles. The Morgan fingerprint density at radius 2 is 1.67 bits per heavy atom. The number of aromatic nitrogens is 3. The van der Waals surface area contributed by atoms with Crippen molar-refractivity contribution in [1.82, 2.24) is 19.7 Å². The molecule has 2 aliphatic heterocycles. The van der Waals surface area contributed by atoms with E-state index in [4.69, 9.17) is 38.5 Å². The fraction of sp³-hybridized carbons (Fsp3) is 0.559. The summed E-state index contributed by atoms with van der Waals surface area (Å²) in [5.41, 5.74) is 4.47. The molecule has 0 bridgehead atoms. The smallest absolute Gasteiger partial charge is 0.459 e. The number of anilines is 1. The lowest BCUT2D eigenvalue weighted by molar-refractivity contribution is -0.178. The van der Waals surface area contributed by atoms with Crippen molar-refractivity contribution in [3.8, 4) is 5.75 Å². The summed E-state index contributed by atoms with van der Waals surface area (Å²) >= 11 is 0. The van der Waals surface area contributed by atoms with E-state index < -0.39 is 86.8 Å². The molecule has 0 aliphatic carbocycles. The number of rotatable bonds is 15. The van der Waals surface area contributed by atoms with E-state index in [9.17, 15) is 18.9 Å². The van der Waals surface area contributed by atoms with Gasteiger partial charge in [-0.15, -0.1) is 0 Å². The number of ether oxygens (including phenoxy) is 5. The minimum absolute atomic E-state index is 0.103. The van der Waals surface area contributed by atoms with Crippen molar-refractivity contribution < 1.29 is 56.1 Å². The summed E-state index contributed by atoms with van der Waals surface area (Å²) in [6.45, 7) is 6.39. The quantitative estimate of drug-likeness (QED) is 0.128. The van der Waals surface area contributed by atoms with Gasteiger partial charge in [0.05, 0.1) is 37.4 Å². The third kappa shape index (κ3) is 8.89. The van der Waals surface area contributed by atoms with Crippen molar-refractivity contribution in [3.63, 3.8) is 0 Å². The van der Waals surface area contributed by atoms with Crippen LogP contribution in [0.5, 0.6) is 5.75 Å². The summed E-state index contributed by atoms with van der Waals surface area (Å²) in [5.74, 6) is -3.25. The summed E-state index contributed by atoms with van der Waals surface area (Å²) in [6.07, 6.45) is -2.58. The lowest BCUT2D eigenvalue weighted by atomic mass is 9.95. The number of carbonyl (C=O) groups is 3. The van der Waals surface area contributed by atoms with E-state index in [-0.39, 0.29) is 17.3 Å². The number of halogens is 1. The number of fused-ring (bicyclic) bond motifs is 1. The zero-order chi connectivity index (χ0) is 37.6. The minimum Gasteiger partial charge on any atom is -0.461 e. The van der Waals surface area contributed by atoms with E-state index in [0.29, 0.717) is 31.6 Å². The summed E-state index contributed by atoms with van der Waals surface area (Å²) < 4.78 is 72.4. The van der Waals surface area contributed by atoms with Gasteiger partial charge in [0.2, 0.25) is 0 Å². The molecule has 2 fully saturated rings. The first kappa shape index (κ1) is 39.1. The molecule has 3 aromatic rings. The van der Waals surface area contributed by atoms with Gasteiger partial charge in [0, 0.05) is 12.8 Å². The Labute approximate surface area is 300 Å². The van der Waals surface area contributed by atoms with Gasteiger partial charge in [-0.05, 0) is 31.2 Å². The summed E-state index contributed by atoms with van der Waals surface area (Å²) in [7, 11) is -4.59. The third-order valence-corrected chi connectivity index (χ3v) is 10.2. The second-order valence-corrected chi connectivity index (χ2v) is 15.0. The first-order valence-electron chi connectivity index (χ1n) is 17.0. The van der Waals surface area contributed by atoms with Gasteiger partial charge in [-0.3, -0.25) is 18.9 Å². The summed E-state index contributed by atoms with van der Waals surface area (Å²) in [6, 6.07) is 9.94. The molecule has 0 spiro atoms. The number of carbonyl (C=O) groups excluding carboxylic acids is 3. The van der Waals surface area contributed by atoms with Crippen LogP contribution in [0.1, 0.15) is 59.3 Å². The van der Waals surface area contributed by atoms with Gasteiger partial charge in [-0.2, -0.15) is 10.2 Å². The van der Waals surface area contributed by atoms with Crippen LogP contribution in [0.3, 0.4) is 0 Å². The molecular formula is C34H45FN5O11P. The average Bonchev–Trinajstić information content (AvgIpc) is 3.68. The van der Waals surface area contributed by atoms with Crippen LogP contribution in [0.25, 0.3) is 5.52 Å². The Morgan fingerprint density at radius 1 is 1.00 bits per heavy atom. The van der Waals surface area contributed by atoms with Gasteiger partial charge in [0.1, 0.15) is 42.5 Å². The van der Waals surface area contributed by atoms with Crippen LogP contribution in [0.2, 0.25) is 0 Å². The monoisotopic (exact) mass is 749 g/mol. The molecule has 0 unspecified atom stereocenters. The van der Waals surface area contributed by atoms with Gasteiger partial charge in [-0.1, -0.05) is 45.9 Å². The average molecular weight is 750 g/mol. The zero-order valence-electron chi connectivity index (χ0n) is 29.6. The van der Waals surface area contributed by atoms with Gasteiger partial charge < -0.3 is 33.9 Å². The van der Waals surface area contributed by atoms with Crippen molar-refractivity contribution in [2.75, 3.05) is 32.2 Å². The number of nitrogens with zero attached hydrogens (tertiary/aromatic N) is 3. The fourth-order valence-electron chi connectivity index (χ4n) is 5.61. The Kier molecular flexibility index (Phi) is 12.5. The van der Waals surface area contributed by atoms with Crippen LogP contribution in [-0.4, -0.2) is 89.0 Å². The van der Waals surface area contributed by atoms with E-state index in [0.717, 1.165) is 0 Å². The molecule has 1 aromatic carbocycles. The lowest BCUT2D eigenvalue weighted by Gasteiger charge is -2.34. The molecule has 16 nitrogen and oxygen atoms in total. The van der Waals surface area contributed by atoms with Crippen LogP contribution >= 0.6 is 7.75 Å². The van der Waals surface area contributed by atoms with Gasteiger partial charge in [0.15, 0.2) is 23.6 Å². The number of nitrogens with one attached hydrogen (secondary N) is 1. The molecule has 6 atom stereocenters. The maximum absolute atomic E-state index is 15.7. The summed E-state index contributed by atoms with van der Waals surface area (Å²) in [4.78, 5) is 43.4. The van der Waals surface area contributed by atoms with E-state index in [1.165, 1.54) is 29.9 Å². The Morgan fingerprint density at radius 3 is 2.33 bits per heavy atom. The Bertz CT molecular complexity index is 1760. The Hall–Kier alpha value is -4.15. The second kappa shape index (κ2) is 16.7. The second-order valence-electron chi connectivity index (χ2n) is 13.3. The third-order valence-electron chi connectivity index (χ3n) is 8.55. The molecule has 5 rings (SSSR count). The van der Waals surface area contributed by atoms with Crippen LogP contribution in [0.15, 0.2) is 48.8 Å². The van der Waals surface area contributed by atoms with Crippen molar-refractivity contribution in [2.45, 2.75) is 83.5 Å². The SMILES string of the molecule is CC(C)C(=O)O[C@H]1[C@H](c2ccc3c(N)ncnn23)O[C@](CF)(CO[P@@](=O)(N[C@@H](C)C(=O)OC2CCOCC2)Oc2ccccc2)[C@H]1OC(=O)C(C)C. The molecule has 2 aliphatic rings. The number of nitrogen functional groups attached to an aromatic ring is 1. The number of nitrogens with two attached hydrogens (primary N) is 1. The molecule has 3 N–H and O–H groups in total. The van der Waals surface area contributed by atoms with Crippen LogP contribution < -0.4 is 15.3 Å². The molecule has 0 amide bonds. The number of hydrogen-bond acceptors (Lipinski definition) is 14. The topological polar surface area (TPSA) is 201 Å². The van der Waals surface area contributed by atoms with Crippen LogP contribution in [0.4, 0.5) is 10.2 Å². The van der Waals surface area contributed by atoms with E-state index in [2.05, 4.69) is 15.2 Å². The highest BCUT2D eigenvalue weighted by molar-refractivity contribution is 7.52.